The third-order valence-corrected chi connectivity index (χ3v) is 4.86. The van der Waals surface area contributed by atoms with Gasteiger partial charge in [0.05, 0.1) is 5.69 Å². The molecule has 0 amide bonds. The van der Waals surface area contributed by atoms with Gasteiger partial charge in [-0.15, -0.1) is 10.2 Å². The molecular weight excluding hydrogens is 298 g/mol. The molecule has 0 saturated heterocycles. The molecule has 0 bridgehead atoms. The van der Waals surface area contributed by atoms with Gasteiger partial charge in [0.25, 0.3) is 0 Å². The number of aromatic nitrogens is 5. The van der Waals surface area contributed by atoms with Crippen molar-refractivity contribution in [3.8, 4) is 0 Å². The molecule has 0 radical (unpaired) electrons. The third-order valence-electron chi connectivity index (χ3n) is 3.88. The molecule has 3 aromatic heterocycles. The van der Waals surface area contributed by atoms with Gasteiger partial charge in [-0.2, -0.15) is 0 Å². The molecule has 1 saturated carbocycles. The van der Waals surface area contributed by atoms with Gasteiger partial charge in [0.1, 0.15) is 12.3 Å². The number of nitrogens with zero attached hydrogens (tertiary/aromatic N) is 5. The quantitative estimate of drug-likeness (QED) is 0.732. The van der Waals surface area contributed by atoms with Crippen LogP contribution in [0.5, 0.6) is 0 Å². The largest absolute Gasteiger partial charge is 0.388 e. The summed E-state index contributed by atoms with van der Waals surface area (Å²) in [4.78, 5) is 4.64. The molecule has 7 heteroatoms. The van der Waals surface area contributed by atoms with Gasteiger partial charge in [0.15, 0.2) is 11.0 Å². The summed E-state index contributed by atoms with van der Waals surface area (Å²) in [6, 6.07) is 6.56. The van der Waals surface area contributed by atoms with Gasteiger partial charge in [-0.05, 0) is 31.9 Å². The van der Waals surface area contributed by atoms with Crippen LogP contribution < -0.4 is 0 Å². The fraction of sp³-hybridized carbons (Fsp3) is 0.400. The molecule has 3 heterocycles. The van der Waals surface area contributed by atoms with E-state index in [0.717, 1.165) is 35.1 Å². The normalized spacial score (nSPS) is 14.8. The lowest BCUT2D eigenvalue weighted by Crippen LogP contribution is -2.02. The van der Waals surface area contributed by atoms with Crippen molar-refractivity contribution in [2.75, 3.05) is 0 Å². The maximum atomic E-state index is 9.37. The van der Waals surface area contributed by atoms with Gasteiger partial charge >= 0.3 is 0 Å². The molecule has 1 fully saturated rings. The molecule has 1 aliphatic rings. The van der Waals surface area contributed by atoms with E-state index in [-0.39, 0.29) is 6.61 Å². The fourth-order valence-corrected chi connectivity index (χ4v) is 3.53. The molecule has 0 unspecified atom stereocenters. The molecule has 0 aromatic carbocycles. The van der Waals surface area contributed by atoms with Crippen LogP contribution in [0.4, 0.5) is 0 Å². The molecule has 4 rings (SSSR count). The molecule has 1 aliphatic carbocycles. The molecule has 6 nitrogen and oxygen atoms in total. The fourth-order valence-electron chi connectivity index (χ4n) is 2.62. The van der Waals surface area contributed by atoms with Crippen molar-refractivity contribution in [3.05, 3.63) is 41.6 Å². The predicted octanol–water partition coefficient (Wildman–Crippen LogP) is 2.35. The van der Waals surface area contributed by atoms with Crippen LogP contribution in [-0.4, -0.2) is 29.3 Å². The van der Waals surface area contributed by atoms with Crippen LogP contribution in [0.2, 0.25) is 0 Å². The van der Waals surface area contributed by atoms with E-state index in [0.29, 0.717) is 11.9 Å². The van der Waals surface area contributed by atoms with Gasteiger partial charge < -0.3 is 14.1 Å². The van der Waals surface area contributed by atoms with Gasteiger partial charge in [0, 0.05) is 23.7 Å². The van der Waals surface area contributed by atoms with E-state index >= 15 is 0 Å². The Balaban J connectivity index is 1.57. The van der Waals surface area contributed by atoms with Crippen LogP contribution >= 0.6 is 11.8 Å². The highest BCUT2D eigenvalue weighted by molar-refractivity contribution is 7.98. The Morgan fingerprint density at radius 2 is 2.18 bits per heavy atom. The molecule has 0 atom stereocenters. The topological polar surface area (TPSA) is 68.2 Å². The SMILES string of the molecule is Cc1cccc2nc(CSc3nnc(CO)n3C3CC3)cn12. The van der Waals surface area contributed by atoms with Crippen LogP contribution in [0, 0.1) is 6.92 Å². The average Bonchev–Trinajstić information content (AvgIpc) is 3.12. The zero-order valence-electron chi connectivity index (χ0n) is 12.3. The number of imidazole rings is 1. The Morgan fingerprint density at radius 1 is 1.32 bits per heavy atom. The molecule has 3 aromatic rings. The minimum absolute atomic E-state index is 0.0579. The highest BCUT2D eigenvalue weighted by Crippen LogP contribution is 2.39. The van der Waals surface area contributed by atoms with Crippen LogP contribution in [0.1, 0.15) is 36.1 Å². The van der Waals surface area contributed by atoms with Gasteiger partial charge in [-0.3, -0.25) is 0 Å². The minimum Gasteiger partial charge on any atom is -0.388 e. The Kier molecular flexibility index (Phi) is 3.38. The van der Waals surface area contributed by atoms with Crippen molar-refractivity contribution in [3.63, 3.8) is 0 Å². The number of pyridine rings is 1. The second-order valence-corrected chi connectivity index (χ2v) is 6.52. The lowest BCUT2D eigenvalue weighted by atomic mass is 10.4. The lowest BCUT2D eigenvalue weighted by molar-refractivity contribution is 0.263. The number of rotatable bonds is 5. The number of hydrogen-bond acceptors (Lipinski definition) is 5. The van der Waals surface area contributed by atoms with Gasteiger partial charge in [-0.1, -0.05) is 17.8 Å². The predicted molar refractivity (Wildman–Crippen MR) is 83.7 cm³/mol. The minimum atomic E-state index is -0.0579. The van der Waals surface area contributed by atoms with E-state index in [4.69, 9.17) is 0 Å². The summed E-state index contributed by atoms with van der Waals surface area (Å²) >= 11 is 1.63. The van der Waals surface area contributed by atoms with Crippen molar-refractivity contribution in [2.24, 2.45) is 0 Å². The van der Waals surface area contributed by atoms with Crippen LogP contribution in [0.15, 0.2) is 29.6 Å². The number of thioether (sulfide) groups is 1. The lowest BCUT2D eigenvalue weighted by Gasteiger charge is -2.06. The van der Waals surface area contributed by atoms with Gasteiger partial charge in [-0.25, -0.2) is 4.98 Å². The number of aliphatic hydroxyl groups excluding tert-OH is 1. The number of hydrogen-bond donors (Lipinski definition) is 1. The van der Waals surface area contributed by atoms with E-state index in [1.54, 1.807) is 11.8 Å². The second kappa shape index (κ2) is 5.40. The maximum Gasteiger partial charge on any atom is 0.191 e. The van der Waals surface area contributed by atoms with E-state index in [9.17, 15) is 5.11 Å². The third kappa shape index (κ3) is 2.40. The van der Waals surface area contributed by atoms with Crippen molar-refractivity contribution in [1.82, 2.24) is 24.1 Å². The summed E-state index contributed by atoms with van der Waals surface area (Å²) < 4.78 is 4.17. The van der Waals surface area contributed by atoms with Crippen molar-refractivity contribution in [1.29, 1.82) is 0 Å². The summed E-state index contributed by atoms with van der Waals surface area (Å²) in [5.74, 6) is 1.41. The second-order valence-electron chi connectivity index (χ2n) is 5.57. The van der Waals surface area contributed by atoms with E-state index in [2.05, 4.69) is 43.3 Å². The summed E-state index contributed by atoms with van der Waals surface area (Å²) in [6.07, 6.45) is 4.36. The molecular formula is C15H17N5OS. The van der Waals surface area contributed by atoms with E-state index < -0.39 is 0 Å². The summed E-state index contributed by atoms with van der Waals surface area (Å²) in [7, 11) is 0. The Bertz CT molecular complexity index is 821. The molecule has 0 aliphatic heterocycles. The van der Waals surface area contributed by atoms with Crippen LogP contribution in [-0.2, 0) is 12.4 Å². The Hall–Kier alpha value is -1.86. The number of fused-ring (bicyclic) bond motifs is 1. The highest BCUT2D eigenvalue weighted by atomic mass is 32.2. The van der Waals surface area contributed by atoms with Gasteiger partial charge in [0.2, 0.25) is 0 Å². The van der Waals surface area contributed by atoms with Crippen molar-refractivity contribution >= 4 is 17.4 Å². The first kappa shape index (κ1) is 13.8. The molecule has 1 N–H and O–H groups in total. The monoisotopic (exact) mass is 315 g/mol. The van der Waals surface area contributed by atoms with Crippen LogP contribution in [0.25, 0.3) is 5.65 Å². The van der Waals surface area contributed by atoms with E-state index in [1.807, 2.05) is 12.1 Å². The first-order valence-electron chi connectivity index (χ1n) is 7.37. The highest BCUT2D eigenvalue weighted by Gasteiger charge is 2.29. The van der Waals surface area contributed by atoms with Crippen molar-refractivity contribution in [2.45, 2.75) is 43.3 Å². The summed E-state index contributed by atoms with van der Waals surface area (Å²) in [6.45, 7) is 2.01. The van der Waals surface area contributed by atoms with Crippen LogP contribution in [0.3, 0.4) is 0 Å². The maximum absolute atomic E-state index is 9.37. The standard InChI is InChI=1S/C15H17N5OS/c1-10-3-2-4-13-16-11(7-19(10)13)9-22-15-18-17-14(8-21)20(15)12-5-6-12/h2-4,7,12,21H,5-6,8-9H2,1H3. The first-order valence-corrected chi connectivity index (χ1v) is 8.36. The smallest absolute Gasteiger partial charge is 0.191 e. The molecule has 114 valence electrons. The molecule has 22 heavy (non-hydrogen) atoms. The zero-order chi connectivity index (χ0) is 15.1. The molecule has 0 spiro atoms. The summed E-state index contributed by atoms with van der Waals surface area (Å²) in [5.41, 5.74) is 3.16. The first-order chi connectivity index (χ1) is 10.8. The number of aliphatic hydroxyl groups is 1. The average molecular weight is 315 g/mol. The summed E-state index contributed by atoms with van der Waals surface area (Å²) in [5, 5.41) is 18.5. The zero-order valence-corrected chi connectivity index (χ0v) is 13.1. The Labute approximate surface area is 132 Å². The van der Waals surface area contributed by atoms with E-state index in [1.165, 1.54) is 5.69 Å². The number of aryl methyl sites for hydroxylation is 1. The Morgan fingerprint density at radius 3 is 2.91 bits per heavy atom. The van der Waals surface area contributed by atoms with Crippen molar-refractivity contribution < 1.29 is 5.11 Å².